The van der Waals surface area contributed by atoms with Crippen molar-refractivity contribution in [3.05, 3.63) is 20.8 Å². The van der Waals surface area contributed by atoms with Crippen LogP contribution < -0.4 is 22.3 Å². The molecule has 0 aliphatic rings. The molecular formula is C14H26N4O2. The van der Waals surface area contributed by atoms with Crippen LogP contribution in [-0.2, 0) is 6.54 Å². The number of anilines is 2. The molecule has 4 N–H and O–H groups in total. The van der Waals surface area contributed by atoms with Gasteiger partial charge < -0.3 is 11.1 Å². The van der Waals surface area contributed by atoms with E-state index in [-0.39, 0.29) is 11.9 Å². The largest absolute Gasteiger partial charge is 0.383 e. The van der Waals surface area contributed by atoms with Gasteiger partial charge in [-0.3, -0.25) is 14.3 Å². The highest BCUT2D eigenvalue weighted by atomic mass is 16.2. The number of nitrogens with two attached hydrogens (primary N) is 1. The van der Waals surface area contributed by atoms with Gasteiger partial charge in [-0.15, -0.1) is 0 Å². The molecule has 1 aromatic heterocycles. The number of nitrogens with one attached hydrogen (secondary N) is 2. The number of nitrogens with zero attached hydrogens (tertiary/aromatic N) is 1. The van der Waals surface area contributed by atoms with E-state index in [1.165, 1.54) is 4.57 Å². The fraction of sp³-hybridized carbons (Fsp3) is 0.714. The van der Waals surface area contributed by atoms with Gasteiger partial charge in [-0.1, -0.05) is 34.1 Å². The van der Waals surface area contributed by atoms with E-state index in [1.54, 1.807) is 0 Å². The fourth-order valence-electron chi connectivity index (χ4n) is 2.19. The van der Waals surface area contributed by atoms with E-state index in [2.05, 4.69) is 31.1 Å². The lowest BCUT2D eigenvalue weighted by Crippen LogP contribution is -2.37. The summed E-state index contributed by atoms with van der Waals surface area (Å²) in [6, 6.07) is 0.149. The van der Waals surface area contributed by atoms with Crippen molar-refractivity contribution in [2.45, 2.75) is 59.5 Å². The Balaban J connectivity index is 3.19. The number of hydrogen-bond donors (Lipinski definition) is 3. The molecule has 1 rings (SSSR count). The second kappa shape index (κ2) is 7.17. The monoisotopic (exact) mass is 282 g/mol. The zero-order valence-electron chi connectivity index (χ0n) is 12.8. The molecule has 6 heteroatoms. The Labute approximate surface area is 119 Å². The number of rotatable bonds is 7. The molecular weight excluding hydrogens is 256 g/mol. The summed E-state index contributed by atoms with van der Waals surface area (Å²) in [4.78, 5) is 26.1. The number of unbranched alkanes of at least 4 members (excludes halogenated alkanes) is 1. The van der Waals surface area contributed by atoms with Crippen LogP contribution in [0.1, 0.15) is 47.0 Å². The van der Waals surface area contributed by atoms with Crippen molar-refractivity contribution in [1.82, 2.24) is 9.55 Å². The van der Waals surface area contributed by atoms with Crippen LogP contribution in [0.4, 0.5) is 11.5 Å². The zero-order valence-corrected chi connectivity index (χ0v) is 12.8. The minimum absolute atomic E-state index is 0.149. The molecule has 0 aliphatic carbocycles. The third kappa shape index (κ3) is 3.65. The van der Waals surface area contributed by atoms with Crippen molar-refractivity contribution in [3.63, 3.8) is 0 Å². The predicted molar refractivity (Wildman–Crippen MR) is 83.2 cm³/mol. The van der Waals surface area contributed by atoms with E-state index >= 15 is 0 Å². The van der Waals surface area contributed by atoms with E-state index in [4.69, 9.17) is 5.73 Å². The first kappa shape index (κ1) is 16.3. The molecule has 1 aromatic rings. The third-order valence-corrected chi connectivity index (χ3v) is 3.55. The Morgan fingerprint density at radius 1 is 1.30 bits per heavy atom. The molecule has 0 saturated heterocycles. The Kier molecular flexibility index (Phi) is 5.85. The van der Waals surface area contributed by atoms with Crippen LogP contribution in [0.25, 0.3) is 0 Å². The van der Waals surface area contributed by atoms with Crippen LogP contribution in [0.2, 0.25) is 0 Å². The molecule has 1 atom stereocenters. The summed E-state index contributed by atoms with van der Waals surface area (Å²) in [5.74, 6) is 0.598. The molecule has 0 aliphatic heterocycles. The number of aromatic nitrogens is 2. The Bertz CT molecular complexity index is 545. The fourth-order valence-corrected chi connectivity index (χ4v) is 2.19. The van der Waals surface area contributed by atoms with Crippen molar-refractivity contribution in [2.24, 2.45) is 5.92 Å². The molecule has 6 nitrogen and oxygen atoms in total. The highest BCUT2D eigenvalue weighted by Gasteiger charge is 2.17. The van der Waals surface area contributed by atoms with E-state index in [0.717, 1.165) is 19.3 Å². The molecule has 1 heterocycles. The second-order valence-electron chi connectivity index (χ2n) is 5.43. The number of nitrogen functional groups attached to an aromatic ring is 1. The van der Waals surface area contributed by atoms with Gasteiger partial charge in [-0.2, -0.15) is 0 Å². The summed E-state index contributed by atoms with van der Waals surface area (Å²) >= 11 is 0. The highest BCUT2D eigenvalue weighted by Crippen LogP contribution is 2.16. The van der Waals surface area contributed by atoms with Crippen LogP contribution in [0.15, 0.2) is 9.59 Å². The normalized spacial score (nSPS) is 12.7. The van der Waals surface area contributed by atoms with Gasteiger partial charge in [0.2, 0.25) is 0 Å². The predicted octanol–water partition coefficient (Wildman–Crippen LogP) is 1.77. The summed E-state index contributed by atoms with van der Waals surface area (Å²) < 4.78 is 1.43. The van der Waals surface area contributed by atoms with Gasteiger partial charge >= 0.3 is 5.69 Å². The number of aromatic amines is 1. The summed E-state index contributed by atoms with van der Waals surface area (Å²) in [5, 5.41) is 3.18. The smallest absolute Gasteiger partial charge is 0.330 e. The van der Waals surface area contributed by atoms with E-state index in [0.29, 0.717) is 18.2 Å². The molecule has 20 heavy (non-hydrogen) atoms. The molecule has 0 saturated carbocycles. The number of H-pyrrole nitrogens is 1. The first-order valence-electron chi connectivity index (χ1n) is 7.31. The SMILES string of the molecule is CCCCn1c(N)c(NC(CC)C(C)C)c(=O)[nH]c1=O. The van der Waals surface area contributed by atoms with E-state index in [1.807, 2.05) is 6.92 Å². The van der Waals surface area contributed by atoms with E-state index < -0.39 is 11.2 Å². The lowest BCUT2D eigenvalue weighted by Gasteiger charge is -2.23. The maximum atomic E-state index is 11.9. The van der Waals surface area contributed by atoms with Gasteiger partial charge in [0, 0.05) is 12.6 Å². The second-order valence-corrected chi connectivity index (χ2v) is 5.43. The standard InChI is InChI=1S/C14H26N4O2/c1-5-7-8-18-12(15)11(13(19)17-14(18)20)16-10(6-2)9(3)4/h9-10,16H,5-8,15H2,1-4H3,(H,17,19,20). The topological polar surface area (TPSA) is 92.9 Å². The third-order valence-electron chi connectivity index (χ3n) is 3.55. The molecule has 1 unspecified atom stereocenters. The molecule has 0 fully saturated rings. The van der Waals surface area contributed by atoms with Crippen LogP contribution in [0.5, 0.6) is 0 Å². The summed E-state index contributed by atoms with van der Waals surface area (Å²) in [5.41, 5.74) is 5.43. The van der Waals surface area contributed by atoms with Crippen LogP contribution >= 0.6 is 0 Å². The molecule has 0 bridgehead atoms. The van der Waals surface area contributed by atoms with Crippen molar-refractivity contribution < 1.29 is 0 Å². The summed E-state index contributed by atoms with van der Waals surface area (Å²) in [6.07, 6.45) is 2.68. The Morgan fingerprint density at radius 2 is 1.95 bits per heavy atom. The molecule has 0 radical (unpaired) electrons. The lowest BCUT2D eigenvalue weighted by molar-refractivity contribution is 0.509. The lowest BCUT2D eigenvalue weighted by atomic mass is 10.0. The van der Waals surface area contributed by atoms with Gasteiger partial charge in [-0.25, -0.2) is 4.79 Å². The molecule has 114 valence electrons. The van der Waals surface area contributed by atoms with Gasteiger partial charge in [-0.05, 0) is 18.8 Å². The summed E-state index contributed by atoms with van der Waals surface area (Å²) in [6.45, 7) is 8.77. The van der Waals surface area contributed by atoms with Crippen molar-refractivity contribution in [3.8, 4) is 0 Å². The first-order valence-corrected chi connectivity index (χ1v) is 7.31. The van der Waals surface area contributed by atoms with Gasteiger partial charge in [0.05, 0.1) is 0 Å². The van der Waals surface area contributed by atoms with Gasteiger partial charge in [0.1, 0.15) is 11.5 Å². The Hall–Kier alpha value is -1.72. The van der Waals surface area contributed by atoms with Crippen LogP contribution in [0, 0.1) is 5.92 Å². The van der Waals surface area contributed by atoms with Crippen LogP contribution in [0.3, 0.4) is 0 Å². The van der Waals surface area contributed by atoms with Crippen molar-refractivity contribution in [2.75, 3.05) is 11.1 Å². The van der Waals surface area contributed by atoms with Gasteiger partial charge in [0.15, 0.2) is 0 Å². The number of hydrogen-bond acceptors (Lipinski definition) is 4. The highest BCUT2D eigenvalue weighted by molar-refractivity contribution is 5.60. The van der Waals surface area contributed by atoms with E-state index in [9.17, 15) is 9.59 Å². The average Bonchev–Trinajstić information content (AvgIpc) is 2.38. The minimum atomic E-state index is -0.445. The van der Waals surface area contributed by atoms with Crippen molar-refractivity contribution in [1.29, 1.82) is 0 Å². The maximum Gasteiger partial charge on any atom is 0.330 e. The molecule has 0 spiro atoms. The van der Waals surface area contributed by atoms with Crippen LogP contribution in [-0.4, -0.2) is 15.6 Å². The van der Waals surface area contributed by atoms with Crippen molar-refractivity contribution >= 4 is 11.5 Å². The molecule has 0 amide bonds. The quantitative estimate of drug-likeness (QED) is 0.710. The first-order chi connectivity index (χ1) is 9.42. The van der Waals surface area contributed by atoms with Gasteiger partial charge in [0.25, 0.3) is 5.56 Å². The zero-order chi connectivity index (χ0) is 15.3. The average molecular weight is 282 g/mol. The maximum absolute atomic E-state index is 11.9. The Morgan fingerprint density at radius 3 is 2.45 bits per heavy atom. The molecule has 0 aromatic carbocycles. The summed E-state index contributed by atoms with van der Waals surface area (Å²) in [7, 11) is 0. The minimum Gasteiger partial charge on any atom is -0.383 e.